The van der Waals surface area contributed by atoms with Crippen molar-refractivity contribution in [3.63, 3.8) is 0 Å². The van der Waals surface area contributed by atoms with Crippen LogP contribution in [0.15, 0.2) is 30.5 Å². The largest absolute Gasteiger partial charge is 0.391 e. The van der Waals surface area contributed by atoms with Crippen LogP contribution in [0.25, 0.3) is 11.1 Å². The number of amides is 1. The number of rotatable bonds is 4. The van der Waals surface area contributed by atoms with Crippen LogP contribution in [-0.2, 0) is 4.79 Å². The summed E-state index contributed by atoms with van der Waals surface area (Å²) >= 11 is 0. The minimum atomic E-state index is -4.21. The summed E-state index contributed by atoms with van der Waals surface area (Å²) in [4.78, 5) is 16.7. The highest BCUT2D eigenvalue weighted by molar-refractivity contribution is 5.95. The van der Waals surface area contributed by atoms with E-state index < -0.39 is 29.9 Å². The number of nitrogens with zero attached hydrogens (tertiary/aromatic N) is 1. The summed E-state index contributed by atoms with van der Waals surface area (Å²) in [5.74, 6) is -2.68. The van der Waals surface area contributed by atoms with Gasteiger partial charge in [-0.2, -0.15) is 13.2 Å². The first kappa shape index (κ1) is 22.2. The number of aryl methyl sites for hydroxylation is 2. The third-order valence-electron chi connectivity index (χ3n) is 5.90. The lowest BCUT2D eigenvalue weighted by Crippen LogP contribution is -2.44. The maximum atomic E-state index is 14.7. The van der Waals surface area contributed by atoms with Gasteiger partial charge in [0.25, 0.3) is 0 Å². The van der Waals surface area contributed by atoms with Crippen molar-refractivity contribution in [3.8, 4) is 11.1 Å². The number of benzene rings is 1. The van der Waals surface area contributed by atoms with Crippen molar-refractivity contribution in [2.45, 2.75) is 51.7 Å². The molecule has 1 unspecified atom stereocenters. The Balaban J connectivity index is 1.67. The molecule has 1 saturated carbocycles. The van der Waals surface area contributed by atoms with Crippen molar-refractivity contribution in [1.82, 2.24) is 4.98 Å². The fraction of sp³-hybridized carbons (Fsp3) is 0.455. The Morgan fingerprint density at radius 1 is 1.17 bits per heavy atom. The van der Waals surface area contributed by atoms with Gasteiger partial charge < -0.3 is 11.1 Å². The summed E-state index contributed by atoms with van der Waals surface area (Å²) in [6.07, 6.45) is -2.12. The molecular formula is C22H25F4N3O. The number of halogens is 4. The van der Waals surface area contributed by atoms with Crippen LogP contribution < -0.4 is 11.1 Å². The third kappa shape index (κ3) is 4.80. The van der Waals surface area contributed by atoms with Gasteiger partial charge >= 0.3 is 6.18 Å². The number of carbonyl (C=O) groups excluding carboxylic acids is 1. The summed E-state index contributed by atoms with van der Waals surface area (Å²) in [6, 6.07) is 5.22. The van der Waals surface area contributed by atoms with Gasteiger partial charge in [-0.1, -0.05) is 0 Å². The molecule has 1 aliphatic rings. The van der Waals surface area contributed by atoms with E-state index in [9.17, 15) is 22.4 Å². The van der Waals surface area contributed by atoms with Gasteiger partial charge in [-0.15, -0.1) is 0 Å². The van der Waals surface area contributed by atoms with E-state index in [0.717, 1.165) is 5.56 Å². The average molecular weight is 423 g/mol. The van der Waals surface area contributed by atoms with E-state index in [1.807, 2.05) is 6.92 Å². The van der Waals surface area contributed by atoms with E-state index in [4.69, 9.17) is 5.73 Å². The fourth-order valence-electron chi connectivity index (χ4n) is 4.14. The smallest absolute Gasteiger partial charge is 0.325 e. The lowest BCUT2D eigenvalue weighted by molar-refractivity contribution is -0.184. The third-order valence-corrected chi connectivity index (χ3v) is 5.90. The zero-order valence-corrected chi connectivity index (χ0v) is 16.9. The second-order valence-electron chi connectivity index (χ2n) is 7.95. The molecule has 0 bridgehead atoms. The zero-order valence-electron chi connectivity index (χ0n) is 16.9. The van der Waals surface area contributed by atoms with Crippen molar-refractivity contribution in [3.05, 3.63) is 47.5 Å². The Bertz CT molecular complexity index is 901. The highest BCUT2D eigenvalue weighted by Crippen LogP contribution is 2.40. The molecule has 4 nitrogen and oxygen atoms in total. The maximum Gasteiger partial charge on any atom is 0.391 e. The van der Waals surface area contributed by atoms with Crippen LogP contribution in [0.3, 0.4) is 0 Å². The summed E-state index contributed by atoms with van der Waals surface area (Å²) in [6.45, 7) is 3.66. The minimum Gasteiger partial charge on any atom is -0.325 e. The van der Waals surface area contributed by atoms with Crippen molar-refractivity contribution < 1.29 is 22.4 Å². The second kappa shape index (κ2) is 8.71. The first-order valence-electron chi connectivity index (χ1n) is 9.93. The van der Waals surface area contributed by atoms with Crippen molar-refractivity contribution in [2.75, 3.05) is 5.32 Å². The molecule has 1 aromatic heterocycles. The monoisotopic (exact) mass is 423 g/mol. The Morgan fingerprint density at radius 2 is 1.83 bits per heavy atom. The van der Waals surface area contributed by atoms with Gasteiger partial charge in [0.2, 0.25) is 5.91 Å². The Labute approximate surface area is 172 Å². The maximum absolute atomic E-state index is 14.7. The average Bonchev–Trinajstić information content (AvgIpc) is 2.68. The van der Waals surface area contributed by atoms with Gasteiger partial charge in [0, 0.05) is 28.7 Å². The number of carbonyl (C=O) groups is 1. The molecule has 1 amide bonds. The van der Waals surface area contributed by atoms with Crippen LogP contribution in [0.5, 0.6) is 0 Å². The summed E-state index contributed by atoms with van der Waals surface area (Å²) < 4.78 is 53.2. The van der Waals surface area contributed by atoms with Gasteiger partial charge in [0.15, 0.2) is 0 Å². The molecule has 162 valence electrons. The predicted octanol–water partition coefficient (Wildman–Crippen LogP) is 5.14. The van der Waals surface area contributed by atoms with Gasteiger partial charge in [0.05, 0.1) is 12.0 Å². The Kier molecular flexibility index (Phi) is 6.45. The van der Waals surface area contributed by atoms with E-state index in [1.165, 1.54) is 6.07 Å². The van der Waals surface area contributed by atoms with Crippen LogP contribution in [0.1, 0.15) is 36.9 Å². The minimum absolute atomic E-state index is 0.0255. The first-order chi connectivity index (χ1) is 14.1. The van der Waals surface area contributed by atoms with Crippen LogP contribution >= 0.6 is 0 Å². The normalized spacial score (nSPS) is 20.6. The first-order valence-corrected chi connectivity index (χ1v) is 9.93. The fourth-order valence-corrected chi connectivity index (χ4v) is 4.14. The van der Waals surface area contributed by atoms with Crippen LogP contribution in [0.4, 0.5) is 23.2 Å². The molecule has 1 aliphatic carbocycles. The SMILES string of the molecule is Cc1ccnc(C)c1-c1ccc(NC(=O)C(N)C2CCC(C(F)(F)F)CC2)cc1F. The van der Waals surface area contributed by atoms with Gasteiger partial charge in [-0.3, -0.25) is 9.78 Å². The number of hydrogen-bond acceptors (Lipinski definition) is 3. The number of hydrogen-bond donors (Lipinski definition) is 2. The standard InChI is InChI=1S/C22H25F4N3O/c1-12-9-10-28-13(2)19(12)17-8-7-16(11-18(17)23)29-21(30)20(27)14-3-5-15(6-4-14)22(24,25)26/h7-11,14-15,20H,3-6,27H2,1-2H3,(H,29,30). The summed E-state index contributed by atoms with van der Waals surface area (Å²) in [7, 11) is 0. The van der Waals surface area contributed by atoms with Crippen LogP contribution in [-0.4, -0.2) is 23.1 Å². The van der Waals surface area contributed by atoms with E-state index in [1.54, 1.807) is 31.3 Å². The van der Waals surface area contributed by atoms with Gasteiger partial charge in [-0.25, -0.2) is 4.39 Å². The number of alkyl halides is 3. The molecule has 8 heteroatoms. The van der Waals surface area contributed by atoms with E-state index in [-0.39, 0.29) is 37.3 Å². The van der Waals surface area contributed by atoms with Gasteiger partial charge in [0.1, 0.15) is 5.82 Å². The lowest BCUT2D eigenvalue weighted by Gasteiger charge is -2.32. The number of aromatic nitrogens is 1. The van der Waals surface area contributed by atoms with Crippen molar-refractivity contribution in [2.24, 2.45) is 17.6 Å². The van der Waals surface area contributed by atoms with Crippen LogP contribution in [0.2, 0.25) is 0 Å². The highest BCUT2D eigenvalue weighted by atomic mass is 19.4. The number of anilines is 1. The molecule has 0 aliphatic heterocycles. The quantitative estimate of drug-likeness (QED) is 0.669. The lowest BCUT2D eigenvalue weighted by atomic mass is 9.78. The molecule has 0 spiro atoms. The predicted molar refractivity (Wildman–Crippen MR) is 107 cm³/mol. The summed E-state index contributed by atoms with van der Waals surface area (Å²) in [5, 5.41) is 2.59. The van der Waals surface area contributed by atoms with Crippen molar-refractivity contribution >= 4 is 11.6 Å². The molecule has 0 saturated heterocycles. The molecule has 3 N–H and O–H groups in total. The number of nitrogens with one attached hydrogen (secondary N) is 1. The van der Waals surface area contributed by atoms with E-state index in [0.29, 0.717) is 16.8 Å². The molecule has 3 rings (SSSR count). The highest BCUT2D eigenvalue weighted by Gasteiger charge is 2.42. The number of nitrogens with two attached hydrogens (primary N) is 1. The molecule has 1 heterocycles. The Morgan fingerprint density at radius 3 is 2.40 bits per heavy atom. The van der Waals surface area contributed by atoms with Crippen molar-refractivity contribution in [1.29, 1.82) is 0 Å². The molecule has 0 radical (unpaired) electrons. The molecule has 1 atom stereocenters. The zero-order chi connectivity index (χ0) is 22.1. The topological polar surface area (TPSA) is 68.0 Å². The Hall–Kier alpha value is -2.48. The second-order valence-corrected chi connectivity index (χ2v) is 7.95. The number of pyridine rings is 1. The molecule has 1 fully saturated rings. The van der Waals surface area contributed by atoms with E-state index in [2.05, 4.69) is 10.3 Å². The molecule has 1 aromatic carbocycles. The molecule has 30 heavy (non-hydrogen) atoms. The van der Waals surface area contributed by atoms with E-state index >= 15 is 0 Å². The molecular weight excluding hydrogens is 398 g/mol. The van der Waals surface area contributed by atoms with Crippen LogP contribution in [0, 0.1) is 31.5 Å². The summed E-state index contributed by atoms with van der Waals surface area (Å²) in [5.41, 5.74) is 8.91. The molecule has 2 aromatic rings. The van der Waals surface area contributed by atoms with Gasteiger partial charge in [-0.05, 0) is 75.3 Å².